The smallest absolute Gasteiger partial charge is 0.257 e. The maximum atomic E-state index is 12.7. The van der Waals surface area contributed by atoms with Crippen molar-refractivity contribution in [2.24, 2.45) is 0 Å². The van der Waals surface area contributed by atoms with Crippen molar-refractivity contribution in [2.45, 2.75) is 26.5 Å². The van der Waals surface area contributed by atoms with Gasteiger partial charge in [0.2, 0.25) is 0 Å². The van der Waals surface area contributed by atoms with Crippen LogP contribution in [0.1, 0.15) is 29.8 Å². The first-order valence-corrected chi connectivity index (χ1v) is 7.65. The molecule has 0 fully saturated rings. The van der Waals surface area contributed by atoms with E-state index in [9.17, 15) is 4.79 Å². The van der Waals surface area contributed by atoms with Crippen LogP contribution in [0.3, 0.4) is 0 Å². The largest absolute Gasteiger partial charge is 0.497 e. The molecule has 2 aromatic rings. The summed E-state index contributed by atoms with van der Waals surface area (Å²) in [6.07, 6.45) is 0.0239. The van der Waals surface area contributed by atoms with Crippen molar-refractivity contribution < 1.29 is 14.3 Å². The highest BCUT2D eigenvalue weighted by Gasteiger charge is 2.17. The van der Waals surface area contributed by atoms with Crippen LogP contribution in [0.4, 0.5) is 0 Å². The minimum absolute atomic E-state index is 0.0239. The van der Waals surface area contributed by atoms with Crippen LogP contribution in [0, 0.1) is 0 Å². The van der Waals surface area contributed by atoms with Crippen molar-refractivity contribution in [1.82, 2.24) is 4.90 Å². The quantitative estimate of drug-likeness (QED) is 0.815. The highest BCUT2D eigenvalue weighted by atomic mass is 16.5. The maximum Gasteiger partial charge on any atom is 0.257 e. The van der Waals surface area contributed by atoms with Crippen LogP contribution in [0.15, 0.2) is 48.5 Å². The SMILES string of the molecule is COc1ccc(CN(C)C(=O)c2ccccc2OC(C)C)cc1. The van der Waals surface area contributed by atoms with Gasteiger partial charge in [-0.2, -0.15) is 0 Å². The second kappa shape index (κ2) is 7.68. The molecule has 4 heteroatoms. The summed E-state index contributed by atoms with van der Waals surface area (Å²) in [5, 5.41) is 0. The van der Waals surface area contributed by atoms with Crippen molar-refractivity contribution in [2.75, 3.05) is 14.2 Å². The molecule has 122 valence electrons. The molecular weight excluding hydrogens is 290 g/mol. The van der Waals surface area contributed by atoms with Gasteiger partial charge in [0.1, 0.15) is 11.5 Å². The highest BCUT2D eigenvalue weighted by Crippen LogP contribution is 2.22. The van der Waals surface area contributed by atoms with E-state index >= 15 is 0 Å². The lowest BCUT2D eigenvalue weighted by Crippen LogP contribution is -2.27. The molecule has 1 amide bonds. The van der Waals surface area contributed by atoms with Crippen LogP contribution >= 0.6 is 0 Å². The topological polar surface area (TPSA) is 38.8 Å². The number of rotatable bonds is 6. The Bertz CT molecular complexity index is 650. The van der Waals surface area contributed by atoms with E-state index in [4.69, 9.17) is 9.47 Å². The van der Waals surface area contributed by atoms with Crippen molar-refractivity contribution in [3.8, 4) is 11.5 Å². The molecule has 0 aliphatic carbocycles. The molecule has 0 saturated heterocycles. The Kier molecular flexibility index (Phi) is 5.63. The third-order valence-corrected chi connectivity index (χ3v) is 3.41. The lowest BCUT2D eigenvalue weighted by atomic mass is 10.1. The number of amides is 1. The van der Waals surface area contributed by atoms with Crippen molar-refractivity contribution >= 4 is 5.91 Å². The number of hydrogen-bond donors (Lipinski definition) is 0. The third-order valence-electron chi connectivity index (χ3n) is 3.41. The maximum absolute atomic E-state index is 12.7. The predicted octanol–water partition coefficient (Wildman–Crippen LogP) is 3.75. The van der Waals surface area contributed by atoms with Gasteiger partial charge in [-0.05, 0) is 43.7 Å². The second-order valence-corrected chi connectivity index (χ2v) is 5.67. The molecule has 0 radical (unpaired) electrons. The molecule has 23 heavy (non-hydrogen) atoms. The molecular formula is C19H23NO3. The average Bonchev–Trinajstić information content (AvgIpc) is 2.55. The fraction of sp³-hybridized carbons (Fsp3) is 0.316. The Labute approximate surface area is 137 Å². The summed E-state index contributed by atoms with van der Waals surface area (Å²) in [4.78, 5) is 14.4. The van der Waals surface area contributed by atoms with Crippen molar-refractivity contribution in [3.05, 3.63) is 59.7 Å². The molecule has 4 nitrogen and oxygen atoms in total. The summed E-state index contributed by atoms with van der Waals surface area (Å²) in [7, 11) is 3.43. The van der Waals surface area contributed by atoms with Crippen LogP contribution in [0.5, 0.6) is 11.5 Å². The zero-order valence-electron chi connectivity index (χ0n) is 14.1. The van der Waals surface area contributed by atoms with Crippen LogP contribution in [0.2, 0.25) is 0 Å². The zero-order valence-corrected chi connectivity index (χ0v) is 14.1. The number of benzene rings is 2. The van der Waals surface area contributed by atoms with E-state index in [0.717, 1.165) is 11.3 Å². The van der Waals surface area contributed by atoms with Crippen LogP contribution in [-0.2, 0) is 6.54 Å². The number of para-hydroxylation sites is 1. The predicted molar refractivity (Wildman–Crippen MR) is 91.0 cm³/mol. The van der Waals surface area contributed by atoms with E-state index in [0.29, 0.717) is 17.9 Å². The van der Waals surface area contributed by atoms with Gasteiger partial charge in [-0.3, -0.25) is 4.79 Å². The fourth-order valence-corrected chi connectivity index (χ4v) is 2.28. The number of carbonyl (C=O) groups is 1. The number of ether oxygens (including phenoxy) is 2. The summed E-state index contributed by atoms with van der Waals surface area (Å²) < 4.78 is 10.9. The summed E-state index contributed by atoms with van der Waals surface area (Å²) >= 11 is 0. The summed E-state index contributed by atoms with van der Waals surface area (Å²) in [6.45, 7) is 4.42. The van der Waals surface area contributed by atoms with Gasteiger partial charge in [0.05, 0.1) is 18.8 Å². The minimum Gasteiger partial charge on any atom is -0.497 e. The van der Waals surface area contributed by atoms with E-state index in [1.54, 1.807) is 25.1 Å². The molecule has 0 aromatic heterocycles. The lowest BCUT2D eigenvalue weighted by Gasteiger charge is -2.20. The Balaban J connectivity index is 2.12. The Hall–Kier alpha value is -2.49. The van der Waals surface area contributed by atoms with Crippen LogP contribution < -0.4 is 9.47 Å². The average molecular weight is 313 g/mol. The van der Waals surface area contributed by atoms with E-state index in [-0.39, 0.29) is 12.0 Å². The first-order chi connectivity index (χ1) is 11.0. The number of nitrogens with zero attached hydrogens (tertiary/aromatic N) is 1. The molecule has 0 aliphatic rings. The fourth-order valence-electron chi connectivity index (χ4n) is 2.28. The van der Waals surface area contributed by atoms with Gasteiger partial charge in [0.25, 0.3) is 5.91 Å². The summed E-state index contributed by atoms with van der Waals surface area (Å²) in [5.41, 5.74) is 1.63. The zero-order chi connectivity index (χ0) is 16.8. The molecule has 0 N–H and O–H groups in total. The van der Waals surface area contributed by atoms with E-state index in [1.165, 1.54) is 0 Å². The number of methoxy groups -OCH3 is 1. The molecule has 2 aromatic carbocycles. The molecule has 0 saturated carbocycles. The first kappa shape index (κ1) is 16.9. The number of carbonyl (C=O) groups excluding carboxylic acids is 1. The molecule has 0 bridgehead atoms. The molecule has 0 atom stereocenters. The highest BCUT2D eigenvalue weighted by molar-refractivity contribution is 5.96. The number of hydrogen-bond acceptors (Lipinski definition) is 3. The molecule has 0 aliphatic heterocycles. The molecule has 0 heterocycles. The van der Waals surface area contributed by atoms with Gasteiger partial charge in [0.15, 0.2) is 0 Å². The van der Waals surface area contributed by atoms with Crippen molar-refractivity contribution in [3.63, 3.8) is 0 Å². The van der Waals surface area contributed by atoms with Gasteiger partial charge in [0, 0.05) is 13.6 Å². The van der Waals surface area contributed by atoms with Gasteiger partial charge in [-0.25, -0.2) is 0 Å². The summed E-state index contributed by atoms with van der Waals surface area (Å²) in [5.74, 6) is 1.37. The van der Waals surface area contributed by atoms with Gasteiger partial charge < -0.3 is 14.4 Å². The van der Waals surface area contributed by atoms with Crippen molar-refractivity contribution in [1.29, 1.82) is 0 Å². The Morgan fingerprint density at radius 3 is 2.35 bits per heavy atom. The Morgan fingerprint density at radius 2 is 1.74 bits per heavy atom. The molecule has 0 unspecified atom stereocenters. The summed E-state index contributed by atoms with van der Waals surface area (Å²) in [6, 6.07) is 15.0. The van der Waals surface area contributed by atoms with Gasteiger partial charge in [-0.15, -0.1) is 0 Å². The Morgan fingerprint density at radius 1 is 1.09 bits per heavy atom. The third kappa shape index (κ3) is 4.49. The molecule has 0 spiro atoms. The lowest BCUT2D eigenvalue weighted by molar-refractivity contribution is 0.0779. The van der Waals surface area contributed by atoms with E-state index < -0.39 is 0 Å². The van der Waals surface area contributed by atoms with Crippen LogP contribution in [0.25, 0.3) is 0 Å². The first-order valence-electron chi connectivity index (χ1n) is 7.65. The molecule has 2 rings (SSSR count). The standard InChI is InChI=1S/C19H23NO3/c1-14(2)23-18-8-6-5-7-17(18)19(21)20(3)13-15-9-11-16(22-4)12-10-15/h5-12,14H,13H2,1-4H3. The van der Waals surface area contributed by atoms with Gasteiger partial charge in [-0.1, -0.05) is 24.3 Å². The minimum atomic E-state index is -0.0583. The van der Waals surface area contributed by atoms with Crippen LogP contribution in [-0.4, -0.2) is 31.1 Å². The normalized spacial score (nSPS) is 10.5. The second-order valence-electron chi connectivity index (χ2n) is 5.67. The van der Waals surface area contributed by atoms with Gasteiger partial charge >= 0.3 is 0 Å². The van der Waals surface area contributed by atoms with E-state index in [1.807, 2.05) is 56.3 Å². The van der Waals surface area contributed by atoms with E-state index in [2.05, 4.69) is 0 Å². The monoisotopic (exact) mass is 313 g/mol.